The van der Waals surface area contributed by atoms with E-state index in [1.165, 1.54) is 27.6 Å². The molecule has 0 atom stereocenters. The molecule has 5 heteroatoms. The first-order valence-electron chi connectivity index (χ1n) is 6.04. The molecule has 0 amide bonds. The fraction of sp³-hybridized carbons (Fsp3) is 0.267. The lowest BCUT2D eigenvalue weighted by Gasteiger charge is -2.14. The monoisotopic (exact) mass is 276 g/mol. The molecule has 106 valence electrons. The highest BCUT2D eigenvalue weighted by Gasteiger charge is 2.20. The predicted molar refractivity (Wildman–Crippen MR) is 72.8 cm³/mol. The molecule has 0 saturated carbocycles. The van der Waals surface area contributed by atoms with Crippen LogP contribution in [0.1, 0.15) is 15.9 Å². The quantitative estimate of drug-likeness (QED) is 0.759. The molecule has 0 unspecified atom stereocenters. The number of hydrogen-bond acceptors (Lipinski definition) is 5. The zero-order valence-electron chi connectivity index (χ0n) is 11.6. The average Bonchev–Trinajstić information content (AvgIpc) is 2.98. The summed E-state index contributed by atoms with van der Waals surface area (Å²) in [6.45, 7) is 0. The minimum Gasteiger partial charge on any atom is -0.493 e. The zero-order valence-corrected chi connectivity index (χ0v) is 11.6. The molecule has 0 saturated heterocycles. The molecule has 0 spiro atoms. The SMILES string of the molecule is COc1ccc(C(=O)Cc2ccoc2)c(OC)c1OC. The first-order chi connectivity index (χ1) is 9.71. The van der Waals surface area contributed by atoms with Crippen LogP contribution in [0.25, 0.3) is 0 Å². The fourth-order valence-electron chi connectivity index (χ4n) is 1.99. The van der Waals surface area contributed by atoms with E-state index in [2.05, 4.69) is 0 Å². The van der Waals surface area contributed by atoms with Gasteiger partial charge in [-0.3, -0.25) is 4.79 Å². The van der Waals surface area contributed by atoms with E-state index in [-0.39, 0.29) is 12.2 Å². The molecule has 0 bridgehead atoms. The van der Waals surface area contributed by atoms with Gasteiger partial charge in [0.1, 0.15) is 0 Å². The van der Waals surface area contributed by atoms with Crippen LogP contribution in [0, 0.1) is 0 Å². The molecule has 0 N–H and O–H groups in total. The molecule has 20 heavy (non-hydrogen) atoms. The second kappa shape index (κ2) is 6.14. The van der Waals surface area contributed by atoms with Crippen LogP contribution in [0.2, 0.25) is 0 Å². The zero-order chi connectivity index (χ0) is 14.5. The van der Waals surface area contributed by atoms with Gasteiger partial charge >= 0.3 is 0 Å². The number of rotatable bonds is 6. The highest BCUT2D eigenvalue weighted by molar-refractivity contribution is 6.01. The molecule has 0 fully saturated rings. The van der Waals surface area contributed by atoms with Crippen LogP contribution in [-0.4, -0.2) is 27.1 Å². The van der Waals surface area contributed by atoms with Crippen molar-refractivity contribution < 1.29 is 23.4 Å². The summed E-state index contributed by atoms with van der Waals surface area (Å²) < 4.78 is 20.7. The summed E-state index contributed by atoms with van der Waals surface area (Å²) in [6, 6.07) is 5.11. The number of Topliss-reactive ketones (excluding diaryl/α,β-unsaturated/α-hetero) is 1. The number of benzene rings is 1. The lowest BCUT2D eigenvalue weighted by Crippen LogP contribution is -2.07. The van der Waals surface area contributed by atoms with Crippen molar-refractivity contribution in [3.05, 3.63) is 41.9 Å². The average molecular weight is 276 g/mol. The molecular weight excluding hydrogens is 260 g/mol. The van der Waals surface area contributed by atoms with Gasteiger partial charge in [0, 0.05) is 6.42 Å². The topological polar surface area (TPSA) is 57.9 Å². The van der Waals surface area contributed by atoms with Gasteiger partial charge in [0.05, 0.1) is 39.4 Å². The van der Waals surface area contributed by atoms with Crippen molar-refractivity contribution in [2.45, 2.75) is 6.42 Å². The van der Waals surface area contributed by atoms with Gasteiger partial charge < -0.3 is 18.6 Å². The van der Waals surface area contributed by atoms with Gasteiger partial charge in [-0.2, -0.15) is 0 Å². The first kappa shape index (κ1) is 14.0. The Morgan fingerprint density at radius 2 is 1.80 bits per heavy atom. The van der Waals surface area contributed by atoms with Crippen molar-refractivity contribution in [3.63, 3.8) is 0 Å². The minimum absolute atomic E-state index is 0.0794. The molecule has 2 rings (SSSR count). The van der Waals surface area contributed by atoms with Gasteiger partial charge in [-0.1, -0.05) is 0 Å². The third-order valence-electron chi connectivity index (χ3n) is 2.95. The van der Waals surface area contributed by atoms with E-state index in [0.29, 0.717) is 22.8 Å². The lowest BCUT2D eigenvalue weighted by molar-refractivity contribution is 0.0989. The standard InChI is InChI=1S/C15H16O5/c1-17-13-5-4-11(14(18-2)15(13)19-3)12(16)8-10-6-7-20-9-10/h4-7,9H,8H2,1-3H3. The highest BCUT2D eigenvalue weighted by Crippen LogP contribution is 2.40. The Balaban J connectivity index is 2.38. The molecule has 0 aliphatic carbocycles. The summed E-state index contributed by atoms with van der Waals surface area (Å²) in [5.41, 5.74) is 1.26. The van der Waals surface area contributed by atoms with Crippen molar-refractivity contribution >= 4 is 5.78 Å². The molecule has 1 aromatic heterocycles. The number of carbonyl (C=O) groups is 1. The van der Waals surface area contributed by atoms with Crippen LogP contribution < -0.4 is 14.2 Å². The van der Waals surface area contributed by atoms with E-state index in [0.717, 1.165) is 5.56 Å². The van der Waals surface area contributed by atoms with E-state index < -0.39 is 0 Å². The Hall–Kier alpha value is -2.43. The van der Waals surface area contributed by atoms with E-state index in [1.807, 2.05) is 0 Å². The van der Waals surface area contributed by atoms with E-state index >= 15 is 0 Å². The second-order valence-electron chi connectivity index (χ2n) is 4.11. The van der Waals surface area contributed by atoms with Crippen LogP contribution in [0.4, 0.5) is 0 Å². The molecule has 1 heterocycles. The maximum absolute atomic E-state index is 12.3. The van der Waals surface area contributed by atoms with Gasteiger partial charge in [0.15, 0.2) is 17.3 Å². The van der Waals surface area contributed by atoms with Crippen molar-refractivity contribution in [3.8, 4) is 17.2 Å². The Kier molecular flexibility index (Phi) is 4.30. The Labute approximate surface area is 117 Å². The van der Waals surface area contributed by atoms with Crippen molar-refractivity contribution in [1.29, 1.82) is 0 Å². The first-order valence-corrected chi connectivity index (χ1v) is 6.04. The van der Waals surface area contributed by atoms with Gasteiger partial charge in [-0.05, 0) is 23.8 Å². The van der Waals surface area contributed by atoms with Gasteiger partial charge in [0.2, 0.25) is 5.75 Å². The van der Waals surface area contributed by atoms with Crippen molar-refractivity contribution in [2.24, 2.45) is 0 Å². The Bertz CT molecular complexity index is 587. The minimum atomic E-state index is -0.0794. The number of furan rings is 1. The Morgan fingerprint density at radius 1 is 1.05 bits per heavy atom. The number of carbonyl (C=O) groups excluding carboxylic acids is 1. The summed E-state index contributed by atoms with van der Waals surface area (Å²) >= 11 is 0. The third-order valence-corrected chi connectivity index (χ3v) is 2.95. The van der Waals surface area contributed by atoms with Gasteiger partial charge in [0.25, 0.3) is 0 Å². The summed E-state index contributed by atoms with van der Waals surface area (Å²) in [4.78, 5) is 12.3. The second-order valence-corrected chi connectivity index (χ2v) is 4.11. The number of ether oxygens (including phenoxy) is 3. The summed E-state index contributed by atoms with van der Waals surface area (Å²) in [6.07, 6.45) is 3.32. The van der Waals surface area contributed by atoms with Crippen LogP contribution in [-0.2, 0) is 6.42 Å². The smallest absolute Gasteiger partial charge is 0.204 e. The Morgan fingerprint density at radius 3 is 2.35 bits per heavy atom. The number of hydrogen-bond donors (Lipinski definition) is 0. The van der Waals surface area contributed by atoms with Gasteiger partial charge in [-0.25, -0.2) is 0 Å². The normalized spacial score (nSPS) is 10.2. The summed E-state index contributed by atoms with van der Waals surface area (Å²) in [5.74, 6) is 1.22. The van der Waals surface area contributed by atoms with E-state index in [1.54, 1.807) is 24.5 Å². The molecule has 0 aliphatic rings. The summed E-state index contributed by atoms with van der Waals surface area (Å²) in [5, 5.41) is 0. The molecular formula is C15H16O5. The maximum atomic E-state index is 12.3. The third kappa shape index (κ3) is 2.61. The number of methoxy groups -OCH3 is 3. The van der Waals surface area contributed by atoms with Crippen molar-refractivity contribution in [2.75, 3.05) is 21.3 Å². The summed E-state index contributed by atoms with van der Waals surface area (Å²) in [7, 11) is 4.53. The lowest BCUT2D eigenvalue weighted by atomic mass is 10.0. The highest BCUT2D eigenvalue weighted by atomic mass is 16.5. The largest absolute Gasteiger partial charge is 0.493 e. The molecule has 2 aromatic rings. The fourth-order valence-corrected chi connectivity index (χ4v) is 1.99. The maximum Gasteiger partial charge on any atom is 0.204 e. The number of ketones is 1. The van der Waals surface area contributed by atoms with E-state index in [9.17, 15) is 4.79 Å². The van der Waals surface area contributed by atoms with Crippen LogP contribution >= 0.6 is 0 Å². The van der Waals surface area contributed by atoms with Gasteiger partial charge in [-0.15, -0.1) is 0 Å². The van der Waals surface area contributed by atoms with Crippen LogP contribution in [0.5, 0.6) is 17.2 Å². The molecule has 0 aliphatic heterocycles. The van der Waals surface area contributed by atoms with Crippen molar-refractivity contribution in [1.82, 2.24) is 0 Å². The molecule has 1 aromatic carbocycles. The predicted octanol–water partition coefficient (Wildman–Crippen LogP) is 2.73. The van der Waals surface area contributed by atoms with Crippen LogP contribution in [0.15, 0.2) is 35.1 Å². The van der Waals surface area contributed by atoms with Crippen LogP contribution in [0.3, 0.4) is 0 Å². The molecule has 0 radical (unpaired) electrons. The molecule has 5 nitrogen and oxygen atoms in total. The van der Waals surface area contributed by atoms with E-state index in [4.69, 9.17) is 18.6 Å².